The maximum atomic E-state index is 12.5. The van der Waals surface area contributed by atoms with Crippen LogP contribution in [0, 0.1) is 6.92 Å². The second kappa shape index (κ2) is 5.92. The number of benzene rings is 1. The van der Waals surface area contributed by atoms with Gasteiger partial charge in [0.1, 0.15) is 5.75 Å². The molecule has 1 atom stereocenters. The Morgan fingerprint density at radius 2 is 2.20 bits per heavy atom. The second-order valence-electron chi connectivity index (χ2n) is 4.80. The van der Waals surface area contributed by atoms with Gasteiger partial charge in [0.15, 0.2) is 0 Å². The van der Waals surface area contributed by atoms with Crippen molar-refractivity contribution in [1.82, 2.24) is 4.90 Å². The maximum Gasteiger partial charge on any atom is 0.305 e. The van der Waals surface area contributed by atoms with Gasteiger partial charge in [-0.2, -0.15) is 0 Å². The van der Waals surface area contributed by atoms with E-state index in [0.29, 0.717) is 18.7 Å². The van der Waals surface area contributed by atoms with E-state index < -0.39 is 12.0 Å². The fraction of sp³-hybridized carbons (Fsp3) is 0.429. The number of nitrogens with zero attached hydrogens (tertiary/aromatic N) is 1. The van der Waals surface area contributed by atoms with Crippen molar-refractivity contribution >= 4 is 11.9 Å². The number of hydrogen-bond acceptors (Lipinski definition) is 4. The van der Waals surface area contributed by atoms with E-state index >= 15 is 0 Å². The predicted molar refractivity (Wildman–Crippen MR) is 70.7 cm³/mol. The molecule has 0 bridgehead atoms. The molecule has 2 N–H and O–H groups in total. The topological polar surface area (TPSA) is 87.1 Å². The van der Waals surface area contributed by atoms with Crippen LogP contribution in [-0.4, -0.2) is 52.8 Å². The molecule has 1 fully saturated rings. The van der Waals surface area contributed by atoms with Crippen LogP contribution in [0.3, 0.4) is 0 Å². The Morgan fingerprint density at radius 1 is 1.45 bits per heavy atom. The Morgan fingerprint density at radius 3 is 2.90 bits per heavy atom. The third-order valence-corrected chi connectivity index (χ3v) is 3.37. The van der Waals surface area contributed by atoms with E-state index in [2.05, 4.69) is 0 Å². The zero-order valence-corrected chi connectivity index (χ0v) is 11.2. The number of amides is 1. The molecule has 1 amide bonds. The van der Waals surface area contributed by atoms with Crippen molar-refractivity contribution < 1.29 is 24.5 Å². The van der Waals surface area contributed by atoms with E-state index in [1.165, 1.54) is 11.0 Å². The summed E-state index contributed by atoms with van der Waals surface area (Å²) in [7, 11) is 0. The second-order valence-corrected chi connectivity index (χ2v) is 4.80. The number of aromatic hydroxyl groups is 1. The van der Waals surface area contributed by atoms with E-state index in [1.807, 2.05) is 0 Å². The highest BCUT2D eigenvalue weighted by molar-refractivity contribution is 5.97. The lowest BCUT2D eigenvalue weighted by Gasteiger charge is -2.35. The van der Waals surface area contributed by atoms with Crippen molar-refractivity contribution in [1.29, 1.82) is 0 Å². The molecule has 20 heavy (non-hydrogen) atoms. The van der Waals surface area contributed by atoms with Crippen LogP contribution in [0.4, 0.5) is 0 Å². The van der Waals surface area contributed by atoms with Crippen molar-refractivity contribution in [2.24, 2.45) is 0 Å². The first-order chi connectivity index (χ1) is 9.50. The Hall–Kier alpha value is -2.08. The van der Waals surface area contributed by atoms with Crippen LogP contribution in [0.2, 0.25) is 0 Å². The molecule has 1 aromatic carbocycles. The molecule has 1 saturated heterocycles. The predicted octanol–water partition coefficient (Wildman–Crippen LogP) is 1.02. The van der Waals surface area contributed by atoms with Crippen molar-refractivity contribution in [3.8, 4) is 5.75 Å². The quantitative estimate of drug-likeness (QED) is 0.862. The van der Waals surface area contributed by atoms with Gasteiger partial charge in [0, 0.05) is 6.54 Å². The summed E-state index contributed by atoms with van der Waals surface area (Å²) in [6.07, 6.45) is -0.168. The molecule has 0 aromatic heterocycles. The normalized spacial score (nSPS) is 18.9. The van der Waals surface area contributed by atoms with E-state index in [-0.39, 0.29) is 30.2 Å². The molecule has 0 aliphatic carbocycles. The standard InChI is InChI=1S/C14H17NO5/c1-9-3-2-4-11(13(9)18)14(19)15-5-6-20-8-10(15)7-12(16)17/h2-4,10,18H,5-8H2,1H3,(H,16,17). The molecule has 108 valence electrons. The number of aryl methyl sites for hydroxylation is 1. The van der Waals surface area contributed by atoms with Gasteiger partial charge in [-0.05, 0) is 18.6 Å². The van der Waals surface area contributed by atoms with Gasteiger partial charge < -0.3 is 19.8 Å². The van der Waals surface area contributed by atoms with Gasteiger partial charge in [0.05, 0.1) is 31.2 Å². The summed E-state index contributed by atoms with van der Waals surface area (Å²) >= 11 is 0. The Kier molecular flexibility index (Phi) is 4.24. The van der Waals surface area contributed by atoms with Crippen LogP contribution < -0.4 is 0 Å². The van der Waals surface area contributed by atoms with Gasteiger partial charge in [-0.25, -0.2) is 0 Å². The minimum absolute atomic E-state index is 0.0573. The summed E-state index contributed by atoms with van der Waals surface area (Å²) in [5.74, 6) is -1.40. The number of rotatable bonds is 3. The number of carbonyl (C=O) groups is 2. The molecule has 0 saturated carbocycles. The lowest BCUT2D eigenvalue weighted by Crippen LogP contribution is -2.49. The number of phenols is 1. The highest BCUT2D eigenvalue weighted by Gasteiger charge is 2.31. The van der Waals surface area contributed by atoms with Crippen LogP contribution in [0.25, 0.3) is 0 Å². The lowest BCUT2D eigenvalue weighted by molar-refractivity contribution is -0.139. The number of carboxylic acids is 1. The summed E-state index contributed by atoms with van der Waals surface area (Å²) in [5.41, 5.74) is 0.807. The first-order valence-electron chi connectivity index (χ1n) is 6.39. The van der Waals surface area contributed by atoms with E-state index in [4.69, 9.17) is 9.84 Å². The summed E-state index contributed by atoms with van der Waals surface area (Å²) < 4.78 is 5.23. The number of ether oxygens (including phenoxy) is 1. The van der Waals surface area contributed by atoms with Crippen LogP contribution >= 0.6 is 0 Å². The van der Waals surface area contributed by atoms with Crippen molar-refractivity contribution in [2.45, 2.75) is 19.4 Å². The third kappa shape index (κ3) is 2.91. The monoisotopic (exact) mass is 279 g/mol. The van der Waals surface area contributed by atoms with Gasteiger partial charge in [0.2, 0.25) is 0 Å². The largest absolute Gasteiger partial charge is 0.507 e. The SMILES string of the molecule is Cc1cccc(C(=O)N2CCOCC2CC(=O)O)c1O. The molecule has 1 heterocycles. The van der Waals surface area contributed by atoms with E-state index in [9.17, 15) is 14.7 Å². The molecule has 0 radical (unpaired) electrons. The smallest absolute Gasteiger partial charge is 0.305 e. The summed E-state index contributed by atoms with van der Waals surface area (Å²) in [6, 6.07) is 4.43. The van der Waals surface area contributed by atoms with Crippen LogP contribution in [0.1, 0.15) is 22.3 Å². The van der Waals surface area contributed by atoms with Crippen LogP contribution in [0.5, 0.6) is 5.75 Å². The molecule has 1 aliphatic rings. The number of morpholine rings is 1. The van der Waals surface area contributed by atoms with Crippen LogP contribution in [0.15, 0.2) is 18.2 Å². The molecule has 0 spiro atoms. The molecule has 2 rings (SSSR count). The van der Waals surface area contributed by atoms with Gasteiger partial charge in [-0.1, -0.05) is 12.1 Å². The first-order valence-corrected chi connectivity index (χ1v) is 6.39. The van der Waals surface area contributed by atoms with Crippen molar-refractivity contribution in [3.63, 3.8) is 0 Å². The molecule has 1 aliphatic heterocycles. The third-order valence-electron chi connectivity index (χ3n) is 3.37. The number of hydrogen-bond donors (Lipinski definition) is 2. The first kappa shape index (κ1) is 14.3. The fourth-order valence-corrected chi connectivity index (χ4v) is 2.28. The van der Waals surface area contributed by atoms with E-state index in [0.717, 1.165) is 0 Å². The number of aliphatic carboxylic acids is 1. The zero-order valence-electron chi connectivity index (χ0n) is 11.2. The molecular formula is C14H17NO5. The average Bonchev–Trinajstić information content (AvgIpc) is 2.41. The summed E-state index contributed by atoms with van der Waals surface area (Å²) in [5, 5.41) is 18.9. The van der Waals surface area contributed by atoms with Gasteiger partial charge in [-0.15, -0.1) is 0 Å². The molecule has 1 unspecified atom stereocenters. The Bertz CT molecular complexity index is 528. The maximum absolute atomic E-state index is 12.5. The molecule has 6 nitrogen and oxygen atoms in total. The highest BCUT2D eigenvalue weighted by Crippen LogP contribution is 2.24. The Labute approximate surface area is 116 Å². The fourth-order valence-electron chi connectivity index (χ4n) is 2.28. The van der Waals surface area contributed by atoms with Gasteiger partial charge in [-0.3, -0.25) is 9.59 Å². The minimum Gasteiger partial charge on any atom is -0.507 e. The minimum atomic E-state index is -0.980. The number of carbonyl (C=O) groups excluding carboxylic acids is 1. The lowest BCUT2D eigenvalue weighted by atomic mass is 10.1. The van der Waals surface area contributed by atoms with Crippen molar-refractivity contribution in [2.75, 3.05) is 19.8 Å². The van der Waals surface area contributed by atoms with Gasteiger partial charge in [0.25, 0.3) is 5.91 Å². The Balaban J connectivity index is 2.25. The summed E-state index contributed by atoms with van der Waals surface area (Å²) in [6.45, 7) is 2.60. The molecular weight excluding hydrogens is 262 g/mol. The zero-order chi connectivity index (χ0) is 14.7. The highest BCUT2D eigenvalue weighted by atomic mass is 16.5. The van der Waals surface area contributed by atoms with Gasteiger partial charge >= 0.3 is 5.97 Å². The molecule has 6 heteroatoms. The number of phenolic OH excluding ortho intramolecular Hbond substituents is 1. The number of carboxylic acid groups (broad SMARTS) is 1. The van der Waals surface area contributed by atoms with Crippen molar-refractivity contribution in [3.05, 3.63) is 29.3 Å². The van der Waals surface area contributed by atoms with E-state index in [1.54, 1.807) is 19.1 Å². The van der Waals surface area contributed by atoms with Crippen LogP contribution in [-0.2, 0) is 9.53 Å². The molecule has 1 aromatic rings. The summed E-state index contributed by atoms with van der Waals surface area (Å²) in [4.78, 5) is 24.8. The number of para-hydroxylation sites is 1. The average molecular weight is 279 g/mol.